The summed E-state index contributed by atoms with van der Waals surface area (Å²) in [6.07, 6.45) is 5.74. The molecule has 2 aliphatic rings. The van der Waals surface area contributed by atoms with Crippen LogP contribution >= 0.6 is 0 Å². The molecule has 1 unspecified atom stereocenters. The van der Waals surface area contributed by atoms with Crippen molar-refractivity contribution in [3.8, 4) is 0 Å². The molecule has 1 aromatic carbocycles. The van der Waals surface area contributed by atoms with Crippen LogP contribution in [0.15, 0.2) is 18.2 Å². The third-order valence-electron chi connectivity index (χ3n) is 6.67. The van der Waals surface area contributed by atoms with Crippen LogP contribution in [0.1, 0.15) is 66.2 Å². The van der Waals surface area contributed by atoms with Crippen molar-refractivity contribution in [3.05, 3.63) is 40.6 Å². The number of carbonyl (C=O) groups excluding carboxylic acids is 2. The van der Waals surface area contributed by atoms with Gasteiger partial charge in [-0.2, -0.15) is 0 Å². The second-order valence-corrected chi connectivity index (χ2v) is 11.4. The van der Waals surface area contributed by atoms with E-state index in [1.165, 1.54) is 0 Å². The van der Waals surface area contributed by atoms with Crippen molar-refractivity contribution in [3.63, 3.8) is 0 Å². The summed E-state index contributed by atoms with van der Waals surface area (Å²) in [5, 5.41) is 0.762. The van der Waals surface area contributed by atoms with E-state index in [1.54, 1.807) is 4.90 Å². The van der Waals surface area contributed by atoms with Crippen LogP contribution in [-0.2, 0) is 32.2 Å². The average Bonchev–Trinajstić information content (AvgIpc) is 3.15. The van der Waals surface area contributed by atoms with E-state index >= 15 is 0 Å². The molecule has 7 nitrogen and oxygen atoms in total. The summed E-state index contributed by atoms with van der Waals surface area (Å²) >= 11 is 0. The van der Waals surface area contributed by atoms with Gasteiger partial charge in [-0.15, -0.1) is 0 Å². The van der Waals surface area contributed by atoms with E-state index in [4.69, 9.17) is 9.72 Å². The molecule has 1 atom stereocenters. The Labute approximate surface area is 195 Å². The van der Waals surface area contributed by atoms with Gasteiger partial charge in [0, 0.05) is 23.7 Å². The highest BCUT2D eigenvalue weighted by atomic mass is 32.2. The number of hydrogen-bond acceptors (Lipinski definition) is 6. The number of sulfone groups is 1. The summed E-state index contributed by atoms with van der Waals surface area (Å²) in [7, 11) is -3.12. The van der Waals surface area contributed by atoms with E-state index in [0.717, 1.165) is 66.2 Å². The van der Waals surface area contributed by atoms with E-state index in [0.29, 0.717) is 18.5 Å². The lowest BCUT2D eigenvalue weighted by atomic mass is 9.89. The number of fused-ring (bicyclic) bond motifs is 2. The molecular formula is C25H32N2O5S. The monoisotopic (exact) mass is 472 g/mol. The van der Waals surface area contributed by atoms with Gasteiger partial charge in [0.2, 0.25) is 0 Å². The lowest BCUT2D eigenvalue weighted by Gasteiger charge is -2.28. The predicted molar refractivity (Wildman–Crippen MR) is 127 cm³/mol. The van der Waals surface area contributed by atoms with Gasteiger partial charge in [0.1, 0.15) is 0 Å². The van der Waals surface area contributed by atoms with Crippen molar-refractivity contribution < 1.29 is 22.7 Å². The van der Waals surface area contributed by atoms with Crippen LogP contribution in [-0.4, -0.2) is 60.9 Å². The Kier molecular flexibility index (Phi) is 7.02. The molecule has 0 radical (unpaired) electrons. The molecular weight excluding hydrogens is 440 g/mol. The Hall–Kier alpha value is -2.48. The molecule has 1 aliphatic carbocycles. The van der Waals surface area contributed by atoms with Crippen molar-refractivity contribution in [1.29, 1.82) is 0 Å². The minimum atomic E-state index is -3.12. The number of aryl methyl sites for hydroxylation is 2. The van der Waals surface area contributed by atoms with Crippen LogP contribution in [0.25, 0.3) is 10.9 Å². The minimum absolute atomic E-state index is 0.0157. The standard InChI is InChI=1S/C25H32N2O5S/c1-3-4-12-27(18-11-13-33(30,31)16-18)23(28)15-32-25(29)24-19-7-5-6-8-21(19)26-22-10-9-17(2)14-20(22)24/h9-10,14,18H,3-8,11-13,15-16H2,1-2H3. The van der Waals surface area contributed by atoms with Gasteiger partial charge < -0.3 is 9.64 Å². The van der Waals surface area contributed by atoms with Crippen LogP contribution in [0.5, 0.6) is 0 Å². The fraction of sp³-hybridized carbons (Fsp3) is 0.560. The van der Waals surface area contributed by atoms with Gasteiger partial charge in [-0.3, -0.25) is 9.78 Å². The first-order valence-corrected chi connectivity index (χ1v) is 13.7. The van der Waals surface area contributed by atoms with E-state index in [1.807, 2.05) is 32.0 Å². The largest absolute Gasteiger partial charge is 0.452 e. The lowest BCUT2D eigenvalue weighted by Crippen LogP contribution is -2.44. The number of amides is 1. The van der Waals surface area contributed by atoms with Crippen molar-refractivity contribution in [2.24, 2.45) is 0 Å². The maximum absolute atomic E-state index is 13.3. The van der Waals surface area contributed by atoms with Crippen LogP contribution in [0.3, 0.4) is 0 Å². The zero-order valence-electron chi connectivity index (χ0n) is 19.4. The van der Waals surface area contributed by atoms with Gasteiger partial charge >= 0.3 is 5.97 Å². The molecule has 1 aromatic heterocycles. The summed E-state index contributed by atoms with van der Waals surface area (Å²) in [6, 6.07) is 5.51. The van der Waals surface area contributed by atoms with Crippen molar-refractivity contribution in [1.82, 2.24) is 9.88 Å². The Bertz CT molecular complexity index is 1180. The fourth-order valence-corrected chi connectivity index (χ4v) is 6.64. The van der Waals surface area contributed by atoms with Gasteiger partial charge in [-0.05, 0) is 63.1 Å². The number of ether oxygens (including phenoxy) is 1. The molecule has 0 saturated carbocycles. The predicted octanol–water partition coefficient (Wildman–Crippen LogP) is 3.39. The minimum Gasteiger partial charge on any atom is -0.452 e. The molecule has 8 heteroatoms. The molecule has 1 amide bonds. The van der Waals surface area contributed by atoms with Gasteiger partial charge in [0.05, 0.1) is 22.6 Å². The van der Waals surface area contributed by atoms with Crippen molar-refractivity contribution in [2.45, 2.75) is 64.8 Å². The van der Waals surface area contributed by atoms with E-state index < -0.39 is 15.8 Å². The highest BCUT2D eigenvalue weighted by Gasteiger charge is 2.35. The molecule has 2 heterocycles. The first-order chi connectivity index (χ1) is 15.8. The third kappa shape index (κ3) is 5.21. The summed E-state index contributed by atoms with van der Waals surface area (Å²) in [5.41, 5.74) is 4.19. The van der Waals surface area contributed by atoms with E-state index in [9.17, 15) is 18.0 Å². The number of nitrogens with zero attached hydrogens (tertiary/aromatic N) is 2. The van der Waals surface area contributed by atoms with E-state index in [-0.39, 0.29) is 30.1 Å². The van der Waals surface area contributed by atoms with Crippen LogP contribution in [0.2, 0.25) is 0 Å². The number of carbonyl (C=O) groups is 2. The smallest absolute Gasteiger partial charge is 0.339 e. The Morgan fingerprint density at radius 2 is 2.00 bits per heavy atom. The second kappa shape index (κ2) is 9.79. The van der Waals surface area contributed by atoms with Gasteiger partial charge in [-0.25, -0.2) is 13.2 Å². The summed E-state index contributed by atoms with van der Waals surface area (Å²) in [6.45, 7) is 4.08. The van der Waals surface area contributed by atoms with E-state index in [2.05, 4.69) is 0 Å². The Balaban J connectivity index is 1.56. The number of esters is 1. The molecule has 0 N–H and O–H groups in total. The van der Waals surface area contributed by atoms with Crippen LogP contribution < -0.4 is 0 Å². The molecule has 1 aliphatic heterocycles. The number of unbranched alkanes of at least 4 members (excludes halogenated alkanes) is 1. The van der Waals surface area contributed by atoms with Crippen LogP contribution in [0.4, 0.5) is 0 Å². The third-order valence-corrected chi connectivity index (χ3v) is 8.42. The summed E-state index contributed by atoms with van der Waals surface area (Å²) < 4.78 is 29.5. The second-order valence-electron chi connectivity index (χ2n) is 9.21. The summed E-state index contributed by atoms with van der Waals surface area (Å²) in [5.74, 6) is -0.753. The number of rotatable bonds is 7. The van der Waals surface area contributed by atoms with Gasteiger partial charge in [0.25, 0.3) is 5.91 Å². The molecule has 4 rings (SSSR count). The van der Waals surface area contributed by atoms with Gasteiger partial charge in [-0.1, -0.05) is 25.0 Å². The zero-order valence-corrected chi connectivity index (χ0v) is 20.2. The number of pyridine rings is 1. The Morgan fingerprint density at radius 3 is 2.73 bits per heavy atom. The fourth-order valence-electron chi connectivity index (χ4n) is 4.91. The van der Waals surface area contributed by atoms with Crippen molar-refractivity contribution >= 4 is 32.6 Å². The average molecular weight is 473 g/mol. The van der Waals surface area contributed by atoms with Crippen LogP contribution in [0, 0.1) is 6.92 Å². The highest BCUT2D eigenvalue weighted by Crippen LogP contribution is 2.30. The number of benzene rings is 1. The normalized spacial score (nSPS) is 19.3. The maximum atomic E-state index is 13.3. The first kappa shape index (κ1) is 23.7. The van der Waals surface area contributed by atoms with Crippen molar-refractivity contribution in [2.75, 3.05) is 24.7 Å². The molecule has 1 saturated heterocycles. The molecule has 33 heavy (non-hydrogen) atoms. The van der Waals surface area contributed by atoms with Gasteiger partial charge in [0.15, 0.2) is 16.4 Å². The Morgan fingerprint density at radius 1 is 1.21 bits per heavy atom. The first-order valence-electron chi connectivity index (χ1n) is 11.9. The molecule has 178 valence electrons. The number of hydrogen-bond donors (Lipinski definition) is 0. The zero-order chi connectivity index (χ0) is 23.6. The quantitative estimate of drug-likeness (QED) is 0.574. The molecule has 2 aromatic rings. The summed E-state index contributed by atoms with van der Waals surface area (Å²) in [4.78, 5) is 32.7. The maximum Gasteiger partial charge on any atom is 0.339 e. The SMILES string of the molecule is CCCCN(C(=O)COC(=O)c1c2c(nc3ccc(C)cc13)CCCC2)C1CCS(=O)(=O)C1. The molecule has 1 fully saturated rings. The molecule has 0 bridgehead atoms. The number of aromatic nitrogens is 1. The topological polar surface area (TPSA) is 93.6 Å². The lowest BCUT2D eigenvalue weighted by molar-refractivity contribution is -0.136. The highest BCUT2D eigenvalue weighted by molar-refractivity contribution is 7.91. The molecule has 0 spiro atoms.